The highest BCUT2D eigenvalue weighted by atomic mass is 19.4. The number of alkyl halides is 3. The Morgan fingerprint density at radius 3 is 2.53 bits per heavy atom. The van der Waals surface area contributed by atoms with E-state index in [1.165, 1.54) is 6.07 Å². The van der Waals surface area contributed by atoms with Gasteiger partial charge in [-0.1, -0.05) is 13.3 Å². The zero-order valence-electron chi connectivity index (χ0n) is 11.0. The average Bonchev–Trinajstić information content (AvgIpc) is 2.37. The van der Waals surface area contributed by atoms with Gasteiger partial charge in [0.2, 0.25) is 0 Å². The van der Waals surface area contributed by atoms with Crippen molar-refractivity contribution in [2.75, 3.05) is 25.1 Å². The monoisotopic (exact) mass is 276 g/mol. The third-order valence-electron chi connectivity index (χ3n) is 2.50. The first-order chi connectivity index (χ1) is 9.04. The summed E-state index contributed by atoms with van der Waals surface area (Å²) in [6, 6.07) is 2.36. The fraction of sp³-hybridized carbons (Fsp3) is 0.615. The normalized spacial score (nSPS) is 11.6. The van der Waals surface area contributed by atoms with E-state index in [1.807, 2.05) is 0 Å². The van der Waals surface area contributed by atoms with E-state index < -0.39 is 11.7 Å². The van der Waals surface area contributed by atoms with Crippen molar-refractivity contribution in [1.29, 1.82) is 0 Å². The van der Waals surface area contributed by atoms with Crippen molar-refractivity contribution in [2.45, 2.75) is 32.4 Å². The van der Waals surface area contributed by atoms with Gasteiger partial charge in [-0.3, -0.25) is 0 Å². The Morgan fingerprint density at radius 2 is 1.95 bits per heavy atom. The van der Waals surface area contributed by atoms with Gasteiger partial charge >= 0.3 is 6.18 Å². The van der Waals surface area contributed by atoms with Gasteiger partial charge in [-0.2, -0.15) is 13.2 Å². The van der Waals surface area contributed by atoms with Crippen LogP contribution in [0.15, 0.2) is 18.3 Å². The highest BCUT2D eigenvalue weighted by molar-refractivity contribution is 5.35. The first-order valence-corrected chi connectivity index (χ1v) is 6.39. The van der Waals surface area contributed by atoms with Gasteiger partial charge in [0.1, 0.15) is 5.82 Å². The maximum Gasteiger partial charge on any atom is 0.417 e. The summed E-state index contributed by atoms with van der Waals surface area (Å²) in [6.45, 7) is 4.13. The number of hydrogen-bond acceptors (Lipinski definition) is 3. The molecular formula is C13H19F3N2O. The molecule has 0 saturated heterocycles. The standard InChI is InChI=1S/C13H19F3N2O/c1-2-3-8-19-9-4-7-17-12-6-5-11(10-18-12)13(14,15)16/h5-6,10H,2-4,7-9H2,1H3,(H,17,18). The van der Waals surface area contributed by atoms with Crippen LogP contribution < -0.4 is 5.32 Å². The molecule has 1 aromatic rings. The minimum Gasteiger partial charge on any atom is -0.381 e. The number of anilines is 1. The van der Waals surface area contributed by atoms with E-state index in [-0.39, 0.29) is 0 Å². The second-order valence-corrected chi connectivity index (χ2v) is 4.18. The minimum absolute atomic E-state index is 0.446. The number of nitrogens with one attached hydrogen (secondary N) is 1. The van der Waals surface area contributed by atoms with Gasteiger partial charge in [-0.15, -0.1) is 0 Å². The van der Waals surface area contributed by atoms with Crippen LogP contribution in [0.5, 0.6) is 0 Å². The summed E-state index contributed by atoms with van der Waals surface area (Å²) < 4.78 is 42.3. The molecule has 1 aromatic heterocycles. The number of aromatic nitrogens is 1. The Morgan fingerprint density at radius 1 is 1.21 bits per heavy atom. The quantitative estimate of drug-likeness (QED) is 0.735. The number of nitrogens with zero attached hydrogens (tertiary/aromatic N) is 1. The smallest absolute Gasteiger partial charge is 0.381 e. The largest absolute Gasteiger partial charge is 0.417 e. The molecule has 19 heavy (non-hydrogen) atoms. The molecule has 0 aliphatic rings. The summed E-state index contributed by atoms with van der Waals surface area (Å²) in [5.41, 5.74) is -0.735. The number of unbranched alkanes of at least 4 members (excludes halogenated alkanes) is 1. The lowest BCUT2D eigenvalue weighted by Crippen LogP contribution is -2.09. The molecular weight excluding hydrogens is 257 g/mol. The molecule has 0 radical (unpaired) electrons. The molecule has 0 unspecified atom stereocenters. The molecule has 0 atom stereocenters. The van der Waals surface area contributed by atoms with Gasteiger partial charge < -0.3 is 10.1 Å². The van der Waals surface area contributed by atoms with Crippen molar-refractivity contribution >= 4 is 5.82 Å². The number of hydrogen-bond donors (Lipinski definition) is 1. The molecule has 0 amide bonds. The van der Waals surface area contributed by atoms with Crippen LogP contribution in [0.1, 0.15) is 31.7 Å². The van der Waals surface area contributed by atoms with Gasteiger partial charge in [0.05, 0.1) is 5.56 Å². The van der Waals surface area contributed by atoms with Gasteiger partial charge in [0.15, 0.2) is 0 Å². The Kier molecular flexibility index (Phi) is 6.62. The van der Waals surface area contributed by atoms with Crippen LogP contribution >= 0.6 is 0 Å². The second-order valence-electron chi connectivity index (χ2n) is 4.18. The molecule has 1 rings (SSSR count). The third kappa shape index (κ3) is 6.42. The predicted molar refractivity (Wildman–Crippen MR) is 68.1 cm³/mol. The van der Waals surface area contributed by atoms with E-state index in [1.54, 1.807) is 0 Å². The number of ether oxygens (including phenoxy) is 1. The van der Waals surface area contributed by atoms with Crippen molar-refractivity contribution in [3.05, 3.63) is 23.9 Å². The van der Waals surface area contributed by atoms with Crippen LogP contribution in [-0.4, -0.2) is 24.7 Å². The molecule has 0 aliphatic carbocycles. The van der Waals surface area contributed by atoms with Crippen LogP contribution in [0, 0.1) is 0 Å². The lowest BCUT2D eigenvalue weighted by molar-refractivity contribution is -0.137. The average molecular weight is 276 g/mol. The first-order valence-electron chi connectivity index (χ1n) is 6.39. The van der Waals surface area contributed by atoms with Crippen molar-refractivity contribution in [2.24, 2.45) is 0 Å². The second kappa shape index (κ2) is 7.99. The summed E-state index contributed by atoms with van der Waals surface area (Å²) in [5.74, 6) is 0.446. The molecule has 0 fully saturated rings. The van der Waals surface area contributed by atoms with E-state index in [2.05, 4.69) is 17.2 Å². The molecule has 1 N–H and O–H groups in total. The summed E-state index contributed by atoms with van der Waals surface area (Å²) in [5, 5.41) is 2.96. The first kappa shape index (κ1) is 15.8. The zero-order valence-corrected chi connectivity index (χ0v) is 11.0. The number of rotatable bonds is 8. The van der Waals surface area contributed by atoms with Gasteiger partial charge in [-0.25, -0.2) is 4.98 Å². The van der Waals surface area contributed by atoms with Crippen LogP contribution in [-0.2, 0) is 10.9 Å². The molecule has 1 heterocycles. The SMILES string of the molecule is CCCCOCCCNc1ccc(C(F)(F)F)cn1. The molecule has 0 aromatic carbocycles. The van der Waals surface area contributed by atoms with E-state index >= 15 is 0 Å². The van der Waals surface area contributed by atoms with E-state index in [0.29, 0.717) is 19.0 Å². The summed E-state index contributed by atoms with van der Waals surface area (Å²) >= 11 is 0. The van der Waals surface area contributed by atoms with Crippen molar-refractivity contribution < 1.29 is 17.9 Å². The lowest BCUT2D eigenvalue weighted by Gasteiger charge is -2.08. The fourth-order valence-electron chi connectivity index (χ4n) is 1.41. The minimum atomic E-state index is -4.33. The van der Waals surface area contributed by atoms with Crippen LogP contribution in [0.3, 0.4) is 0 Å². The Hall–Kier alpha value is -1.30. The van der Waals surface area contributed by atoms with Crippen molar-refractivity contribution in [1.82, 2.24) is 4.98 Å². The van der Waals surface area contributed by atoms with Crippen LogP contribution in [0.4, 0.5) is 19.0 Å². The van der Waals surface area contributed by atoms with Crippen molar-refractivity contribution in [3.63, 3.8) is 0 Å². The van der Waals surface area contributed by atoms with Crippen LogP contribution in [0.25, 0.3) is 0 Å². The Bertz CT molecular complexity index is 352. The third-order valence-corrected chi connectivity index (χ3v) is 2.50. The van der Waals surface area contributed by atoms with Gasteiger partial charge in [0.25, 0.3) is 0 Å². The van der Waals surface area contributed by atoms with Gasteiger partial charge in [0, 0.05) is 26.0 Å². The molecule has 3 nitrogen and oxygen atoms in total. The molecule has 6 heteroatoms. The highest BCUT2D eigenvalue weighted by Crippen LogP contribution is 2.28. The summed E-state index contributed by atoms with van der Waals surface area (Å²) in [4.78, 5) is 3.72. The van der Waals surface area contributed by atoms with E-state index in [4.69, 9.17) is 4.74 Å². The van der Waals surface area contributed by atoms with Crippen molar-refractivity contribution in [3.8, 4) is 0 Å². The molecule has 108 valence electrons. The Balaban J connectivity index is 2.20. The molecule has 0 bridgehead atoms. The fourth-order valence-corrected chi connectivity index (χ4v) is 1.41. The predicted octanol–water partition coefficient (Wildman–Crippen LogP) is 3.72. The highest BCUT2D eigenvalue weighted by Gasteiger charge is 2.30. The molecule has 0 spiro atoms. The molecule has 0 aliphatic heterocycles. The Labute approximate surface area is 111 Å². The number of halogens is 3. The van der Waals surface area contributed by atoms with E-state index in [0.717, 1.165) is 38.1 Å². The molecule has 0 saturated carbocycles. The van der Waals surface area contributed by atoms with E-state index in [9.17, 15) is 13.2 Å². The summed E-state index contributed by atoms with van der Waals surface area (Å²) in [7, 11) is 0. The maximum absolute atomic E-state index is 12.3. The summed E-state index contributed by atoms with van der Waals surface area (Å²) in [6.07, 6.45) is -0.549. The number of pyridine rings is 1. The zero-order chi connectivity index (χ0) is 14.1. The maximum atomic E-state index is 12.3. The van der Waals surface area contributed by atoms with Gasteiger partial charge in [-0.05, 0) is 25.0 Å². The van der Waals surface area contributed by atoms with Crippen LogP contribution in [0.2, 0.25) is 0 Å². The topological polar surface area (TPSA) is 34.1 Å². The lowest BCUT2D eigenvalue weighted by atomic mass is 10.3.